The minimum absolute atomic E-state index is 0.0776. The van der Waals surface area contributed by atoms with Gasteiger partial charge in [-0.3, -0.25) is 9.69 Å². The van der Waals surface area contributed by atoms with E-state index in [0.717, 1.165) is 29.4 Å². The maximum atomic E-state index is 13.6. The molecule has 0 spiro atoms. The normalized spacial score (nSPS) is 17.3. The molecule has 1 aliphatic heterocycles. The molecule has 0 bridgehead atoms. The van der Waals surface area contributed by atoms with Crippen molar-refractivity contribution in [3.05, 3.63) is 47.8 Å². The second kappa shape index (κ2) is 9.60. The van der Waals surface area contributed by atoms with Crippen molar-refractivity contribution in [2.24, 2.45) is 5.92 Å². The van der Waals surface area contributed by atoms with E-state index in [2.05, 4.69) is 10.4 Å². The van der Waals surface area contributed by atoms with Crippen LogP contribution in [0.15, 0.2) is 36.5 Å². The molecular weight excluding hydrogens is 382 g/mol. The van der Waals surface area contributed by atoms with Crippen molar-refractivity contribution in [3.8, 4) is 0 Å². The molecule has 0 saturated carbocycles. The van der Waals surface area contributed by atoms with E-state index in [4.69, 9.17) is 4.74 Å². The lowest BCUT2D eigenvalue weighted by atomic mass is 9.97. The van der Waals surface area contributed by atoms with E-state index in [0.29, 0.717) is 13.1 Å². The van der Waals surface area contributed by atoms with Crippen molar-refractivity contribution in [2.45, 2.75) is 32.9 Å². The number of ether oxygens (including phenoxy) is 1. The second-order valence-corrected chi connectivity index (χ2v) is 6.88. The lowest BCUT2D eigenvalue weighted by molar-refractivity contribution is -0.121. The Bertz CT molecular complexity index is 842. The van der Waals surface area contributed by atoms with Gasteiger partial charge in [-0.1, -0.05) is 18.2 Å². The number of esters is 1. The lowest BCUT2D eigenvalue weighted by Crippen LogP contribution is -2.41. The first-order valence-electron chi connectivity index (χ1n) is 9.58. The van der Waals surface area contributed by atoms with E-state index < -0.39 is 18.1 Å². The molecule has 1 aromatic heterocycles. The number of hydrogen-bond donors (Lipinski definition) is 1. The summed E-state index contributed by atoms with van der Waals surface area (Å²) in [6.45, 7) is 2.87. The van der Waals surface area contributed by atoms with E-state index >= 15 is 0 Å². The lowest BCUT2D eigenvalue weighted by Gasteiger charge is -2.32. The van der Waals surface area contributed by atoms with E-state index in [1.54, 1.807) is 6.92 Å². The van der Waals surface area contributed by atoms with Gasteiger partial charge in [-0.2, -0.15) is 5.10 Å². The van der Waals surface area contributed by atoms with Crippen LogP contribution in [0.2, 0.25) is 0 Å². The molecule has 1 N–H and O–H groups in total. The van der Waals surface area contributed by atoms with E-state index in [1.807, 2.05) is 35.2 Å². The fourth-order valence-corrected chi connectivity index (χ4v) is 3.46. The number of carbonyl (C=O) groups is 2. The van der Waals surface area contributed by atoms with Crippen molar-refractivity contribution < 1.29 is 23.1 Å². The highest BCUT2D eigenvalue weighted by molar-refractivity contribution is 5.92. The third kappa shape index (κ3) is 5.17. The summed E-state index contributed by atoms with van der Waals surface area (Å²) in [6, 6.07) is 9.18. The number of likely N-dealkylation sites (tertiary alicyclic amines) is 1. The molecule has 156 valence electrons. The number of amides is 1. The Morgan fingerprint density at radius 2 is 2.07 bits per heavy atom. The number of nitrogens with one attached hydrogen (secondary N) is 1. The molecule has 1 atom stereocenters. The summed E-state index contributed by atoms with van der Waals surface area (Å²) in [5.41, 5.74) is 0.0392. The van der Waals surface area contributed by atoms with Gasteiger partial charge in [-0.25, -0.2) is 18.3 Å². The SMILES string of the molecule is CCOC(=O)c1cnn(CN2CCCC(C(=O)Nc3ccccc3)C2)c1C(F)F. The Hall–Kier alpha value is -2.81. The van der Waals surface area contributed by atoms with Crippen LogP contribution in [0.1, 0.15) is 42.2 Å². The third-order valence-corrected chi connectivity index (χ3v) is 4.83. The molecule has 1 aromatic carbocycles. The standard InChI is InChI=1S/C20H24F2N4O3/c1-2-29-20(28)16-11-23-26(17(16)18(21)22)13-25-10-6-7-14(12-25)19(27)24-15-8-4-3-5-9-15/h3-5,8-9,11,14,18H,2,6-7,10,12-13H2,1H3,(H,24,27). The average Bonchev–Trinajstić information content (AvgIpc) is 3.13. The molecule has 3 rings (SSSR count). The van der Waals surface area contributed by atoms with Crippen molar-refractivity contribution >= 4 is 17.6 Å². The molecule has 29 heavy (non-hydrogen) atoms. The van der Waals surface area contributed by atoms with Gasteiger partial charge in [0, 0.05) is 12.2 Å². The van der Waals surface area contributed by atoms with Gasteiger partial charge in [-0.15, -0.1) is 0 Å². The first-order valence-corrected chi connectivity index (χ1v) is 9.58. The highest BCUT2D eigenvalue weighted by Crippen LogP contribution is 2.25. The number of anilines is 1. The number of para-hydroxylation sites is 1. The van der Waals surface area contributed by atoms with Crippen molar-refractivity contribution in [2.75, 3.05) is 25.0 Å². The van der Waals surface area contributed by atoms with Gasteiger partial charge in [-0.05, 0) is 38.4 Å². The number of alkyl halides is 2. The molecule has 2 aromatic rings. The molecule has 1 unspecified atom stereocenters. The van der Waals surface area contributed by atoms with Crippen LogP contribution in [0.4, 0.5) is 14.5 Å². The number of nitrogens with zero attached hydrogens (tertiary/aromatic N) is 3. The molecule has 0 aliphatic carbocycles. The van der Waals surface area contributed by atoms with Gasteiger partial charge in [0.25, 0.3) is 6.43 Å². The number of hydrogen-bond acceptors (Lipinski definition) is 5. The first kappa shape index (κ1) is 20.9. The summed E-state index contributed by atoms with van der Waals surface area (Å²) in [4.78, 5) is 26.4. The smallest absolute Gasteiger partial charge is 0.341 e. The van der Waals surface area contributed by atoms with E-state index in [9.17, 15) is 18.4 Å². The molecule has 1 amide bonds. The van der Waals surface area contributed by atoms with Crippen LogP contribution in [0.5, 0.6) is 0 Å². The minimum atomic E-state index is -2.86. The van der Waals surface area contributed by atoms with Crippen molar-refractivity contribution in [3.63, 3.8) is 0 Å². The van der Waals surface area contributed by atoms with Gasteiger partial charge in [0.05, 0.1) is 25.4 Å². The number of halogens is 2. The highest BCUT2D eigenvalue weighted by atomic mass is 19.3. The van der Waals surface area contributed by atoms with Gasteiger partial charge < -0.3 is 10.1 Å². The zero-order valence-corrected chi connectivity index (χ0v) is 16.2. The van der Waals surface area contributed by atoms with Crippen LogP contribution in [-0.4, -0.2) is 46.3 Å². The number of rotatable bonds is 7. The predicted molar refractivity (Wildman–Crippen MR) is 103 cm³/mol. The van der Waals surface area contributed by atoms with Crippen LogP contribution >= 0.6 is 0 Å². The largest absolute Gasteiger partial charge is 0.462 e. The van der Waals surface area contributed by atoms with Gasteiger partial charge in [0.1, 0.15) is 11.3 Å². The fraction of sp³-hybridized carbons (Fsp3) is 0.450. The van der Waals surface area contributed by atoms with Crippen LogP contribution < -0.4 is 5.32 Å². The predicted octanol–water partition coefficient (Wildman–Crippen LogP) is 3.31. The van der Waals surface area contributed by atoms with Crippen LogP contribution in [0.3, 0.4) is 0 Å². The number of aromatic nitrogens is 2. The molecule has 7 nitrogen and oxygen atoms in total. The Morgan fingerprint density at radius 1 is 1.31 bits per heavy atom. The maximum Gasteiger partial charge on any atom is 0.341 e. The van der Waals surface area contributed by atoms with Gasteiger partial charge >= 0.3 is 5.97 Å². The van der Waals surface area contributed by atoms with Gasteiger partial charge in [0.2, 0.25) is 5.91 Å². The van der Waals surface area contributed by atoms with Crippen LogP contribution in [0, 0.1) is 5.92 Å². The van der Waals surface area contributed by atoms with Crippen molar-refractivity contribution in [1.82, 2.24) is 14.7 Å². The van der Waals surface area contributed by atoms with E-state index in [1.165, 1.54) is 0 Å². The quantitative estimate of drug-likeness (QED) is 0.714. The van der Waals surface area contributed by atoms with Crippen LogP contribution in [0.25, 0.3) is 0 Å². The van der Waals surface area contributed by atoms with E-state index in [-0.39, 0.29) is 30.7 Å². The number of piperidine rings is 1. The summed E-state index contributed by atoms with van der Waals surface area (Å²) in [5, 5.41) is 6.86. The minimum Gasteiger partial charge on any atom is -0.462 e. The van der Waals surface area contributed by atoms with Gasteiger partial charge in [0.15, 0.2) is 0 Å². The molecule has 9 heteroatoms. The monoisotopic (exact) mass is 406 g/mol. The Kier molecular flexibility index (Phi) is 6.92. The third-order valence-electron chi connectivity index (χ3n) is 4.83. The zero-order valence-electron chi connectivity index (χ0n) is 16.2. The summed E-state index contributed by atoms with van der Waals surface area (Å²) in [5.74, 6) is -1.16. The Labute approximate surface area is 167 Å². The summed E-state index contributed by atoms with van der Waals surface area (Å²) in [7, 11) is 0. The second-order valence-electron chi connectivity index (χ2n) is 6.88. The van der Waals surface area contributed by atoms with Crippen molar-refractivity contribution in [1.29, 1.82) is 0 Å². The molecule has 1 aliphatic rings. The summed E-state index contributed by atoms with van der Waals surface area (Å²) in [6.07, 6.45) is -0.255. The molecule has 2 heterocycles. The number of benzene rings is 1. The summed E-state index contributed by atoms with van der Waals surface area (Å²) < 4.78 is 33.1. The number of carbonyl (C=O) groups excluding carboxylic acids is 2. The Balaban J connectivity index is 1.67. The average molecular weight is 406 g/mol. The molecular formula is C20H24F2N4O3. The highest BCUT2D eigenvalue weighted by Gasteiger charge is 2.29. The molecule has 1 fully saturated rings. The topological polar surface area (TPSA) is 76.5 Å². The zero-order chi connectivity index (χ0) is 20.8. The summed E-state index contributed by atoms with van der Waals surface area (Å²) >= 11 is 0. The molecule has 0 radical (unpaired) electrons. The maximum absolute atomic E-state index is 13.6. The fourth-order valence-electron chi connectivity index (χ4n) is 3.46. The molecule has 1 saturated heterocycles. The first-order chi connectivity index (χ1) is 14.0. The van der Waals surface area contributed by atoms with Crippen LogP contribution in [-0.2, 0) is 16.2 Å². The Morgan fingerprint density at radius 3 is 2.76 bits per heavy atom.